The average molecular weight is 196 g/mol. The van der Waals surface area contributed by atoms with Gasteiger partial charge in [0.15, 0.2) is 0 Å². The molecular weight excluding hydrogens is 188 g/mol. The molecule has 0 saturated heterocycles. The first-order valence-electron chi connectivity index (χ1n) is 2.45. The van der Waals surface area contributed by atoms with Gasteiger partial charge in [0.05, 0.1) is 0 Å². The highest BCUT2D eigenvalue weighted by molar-refractivity contribution is 7.81. The van der Waals surface area contributed by atoms with Crippen molar-refractivity contribution in [2.45, 2.75) is 0 Å². The highest BCUT2D eigenvalue weighted by atomic mass is 32.3. The van der Waals surface area contributed by atoms with E-state index in [9.17, 15) is 13.2 Å². The number of hydrogen-bond acceptors (Lipinski definition) is 4. The van der Waals surface area contributed by atoms with Gasteiger partial charge in [0.1, 0.15) is 6.26 Å². The zero-order valence-corrected chi connectivity index (χ0v) is 6.82. The van der Waals surface area contributed by atoms with Crippen LogP contribution in [0.2, 0.25) is 0 Å². The summed E-state index contributed by atoms with van der Waals surface area (Å²) in [6.45, 7) is 5.85. The SMILES string of the molecule is C=CC(=O)O.C=COS(=O)(=O)O. The van der Waals surface area contributed by atoms with Gasteiger partial charge in [-0.05, 0) is 0 Å². The zero-order valence-electron chi connectivity index (χ0n) is 6.00. The summed E-state index contributed by atoms with van der Waals surface area (Å²) < 4.78 is 30.2. The molecule has 0 saturated carbocycles. The maximum absolute atomic E-state index is 9.49. The molecule has 0 bridgehead atoms. The molecule has 0 aromatic heterocycles. The van der Waals surface area contributed by atoms with E-state index in [0.717, 1.165) is 6.08 Å². The van der Waals surface area contributed by atoms with Gasteiger partial charge in [-0.1, -0.05) is 13.2 Å². The summed E-state index contributed by atoms with van der Waals surface area (Å²) in [4.78, 5) is 9.25. The molecule has 0 heterocycles. The van der Waals surface area contributed by atoms with E-state index in [2.05, 4.69) is 17.3 Å². The Bertz CT molecular complexity index is 251. The quantitative estimate of drug-likeness (QED) is 0.380. The Morgan fingerprint density at radius 3 is 1.75 bits per heavy atom. The highest BCUT2D eigenvalue weighted by Crippen LogP contribution is 1.82. The number of carbonyl (C=O) groups is 1. The van der Waals surface area contributed by atoms with Crippen LogP contribution in [-0.4, -0.2) is 24.0 Å². The van der Waals surface area contributed by atoms with E-state index in [0.29, 0.717) is 6.26 Å². The van der Waals surface area contributed by atoms with Crippen LogP contribution in [0.5, 0.6) is 0 Å². The van der Waals surface area contributed by atoms with Crippen LogP contribution < -0.4 is 0 Å². The zero-order chi connectivity index (χ0) is 10.2. The summed E-state index contributed by atoms with van der Waals surface area (Å²) in [5.41, 5.74) is 0. The molecule has 0 aromatic rings. The van der Waals surface area contributed by atoms with Crippen molar-refractivity contribution in [1.29, 1.82) is 0 Å². The second-order valence-electron chi connectivity index (χ2n) is 1.23. The van der Waals surface area contributed by atoms with E-state index in [-0.39, 0.29) is 0 Å². The highest BCUT2D eigenvalue weighted by Gasteiger charge is 1.96. The second-order valence-corrected chi connectivity index (χ2v) is 2.28. The topological polar surface area (TPSA) is 101 Å². The number of hydrogen-bond donors (Lipinski definition) is 2. The molecule has 0 rings (SSSR count). The molecule has 0 spiro atoms. The molecular formula is C5H8O6S. The maximum atomic E-state index is 9.49. The molecule has 0 fully saturated rings. The van der Waals surface area contributed by atoms with Crippen molar-refractivity contribution in [3.05, 3.63) is 25.5 Å². The summed E-state index contributed by atoms with van der Waals surface area (Å²) in [6, 6.07) is 0. The van der Waals surface area contributed by atoms with Crippen LogP contribution in [0, 0.1) is 0 Å². The minimum Gasteiger partial charge on any atom is -0.478 e. The monoisotopic (exact) mass is 196 g/mol. The Balaban J connectivity index is 0. The van der Waals surface area contributed by atoms with Crippen molar-refractivity contribution in [3.63, 3.8) is 0 Å². The first-order chi connectivity index (χ1) is 5.33. The Hall–Kier alpha value is -1.34. The van der Waals surface area contributed by atoms with Gasteiger partial charge in [-0.25, -0.2) is 4.79 Å². The molecule has 70 valence electrons. The molecule has 7 heteroatoms. The van der Waals surface area contributed by atoms with Crippen molar-refractivity contribution in [3.8, 4) is 0 Å². The summed E-state index contributed by atoms with van der Waals surface area (Å²) >= 11 is 0. The molecule has 12 heavy (non-hydrogen) atoms. The Morgan fingerprint density at radius 1 is 1.42 bits per heavy atom. The van der Waals surface area contributed by atoms with Gasteiger partial charge < -0.3 is 9.29 Å². The minimum absolute atomic E-state index is 0.620. The van der Waals surface area contributed by atoms with E-state index in [1.54, 1.807) is 0 Å². The first kappa shape index (κ1) is 13.3. The van der Waals surface area contributed by atoms with Crippen LogP contribution >= 0.6 is 0 Å². The Kier molecular flexibility index (Phi) is 7.05. The molecule has 6 nitrogen and oxygen atoms in total. The van der Waals surface area contributed by atoms with Crippen LogP contribution in [0.1, 0.15) is 0 Å². The average Bonchev–Trinajstić information content (AvgIpc) is 1.86. The predicted octanol–water partition coefficient (Wildman–Crippen LogP) is 0.206. The lowest BCUT2D eigenvalue weighted by Gasteiger charge is -1.86. The fourth-order valence-corrected chi connectivity index (χ4v) is 0.258. The molecule has 0 aliphatic heterocycles. The van der Waals surface area contributed by atoms with Gasteiger partial charge in [0.2, 0.25) is 0 Å². The van der Waals surface area contributed by atoms with Gasteiger partial charge in [-0.15, -0.1) is 0 Å². The number of aliphatic carboxylic acids is 1. The minimum atomic E-state index is -4.29. The van der Waals surface area contributed by atoms with Crippen LogP contribution in [0.4, 0.5) is 0 Å². The number of rotatable bonds is 3. The molecule has 0 unspecified atom stereocenters. The molecule has 0 radical (unpaired) electrons. The van der Waals surface area contributed by atoms with Crippen molar-refractivity contribution in [2.24, 2.45) is 0 Å². The van der Waals surface area contributed by atoms with E-state index >= 15 is 0 Å². The van der Waals surface area contributed by atoms with Gasteiger partial charge in [0.25, 0.3) is 0 Å². The van der Waals surface area contributed by atoms with Crippen LogP contribution in [-0.2, 0) is 19.4 Å². The normalized spacial score (nSPS) is 8.75. The molecule has 0 aliphatic rings. The van der Waals surface area contributed by atoms with Gasteiger partial charge in [-0.2, -0.15) is 8.42 Å². The van der Waals surface area contributed by atoms with Crippen molar-refractivity contribution in [1.82, 2.24) is 0 Å². The van der Waals surface area contributed by atoms with Crippen LogP contribution in [0.25, 0.3) is 0 Å². The standard InChI is InChI=1S/C3H4O2.C2H4O4S/c1-2-3(4)5;1-2-6-7(3,4)5/h2H,1H2,(H,4,5);2H,1H2,(H,3,4,5). The summed E-state index contributed by atoms with van der Waals surface area (Å²) in [5, 5.41) is 7.60. The summed E-state index contributed by atoms with van der Waals surface area (Å²) in [6.07, 6.45) is 1.45. The fraction of sp³-hybridized carbons (Fsp3) is 0. The van der Waals surface area contributed by atoms with E-state index < -0.39 is 16.4 Å². The lowest BCUT2D eigenvalue weighted by molar-refractivity contribution is -0.131. The molecule has 0 atom stereocenters. The second kappa shape index (κ2) is 6.38. The summed E-state index contributed by atoms with van der Waals surface area (Å²) in [7, 11) is -4.29. The number of carboxylic acid groups (broad SMARTS) is 1. The van der Waals surface area contributed by atoms with Gasteiger partial charge >= 0.3 is 16.4 Å². The van der Waals surface area contributed by atoms with E-state index in [1.807, 2.05) is 0 Å². The molecule has 0 amide bonds. The molecule has 2 N–H and O–H groups in total. The third kappa shape index (κ3) is 23.4. The van der Waals surface area contributed by atoms with Gasteiger partial charge in [0, 0.05) is 6.08 Å². The summed E-state index contributed by atoms with van der Waals surface area (Å²) in [5.74, 6) is -0.981. The third-order valence-corrected chi connectivity index (χ3v) is 0.744. The first-order valence-corrected chi connectivity index (χ1v) is 3.82. The fourth-order valence-electron chi connectivity index (χ4n) is 0.0860. The van der Waals surface area contributed by atoms with E-state index in [1.165, 1.54) is 0 Å². The van der Waals surface area contributed by atoms with Crippen molar-refractivity contribution >= 4 is 16.4 Å². The maximum Gasteiger partial charge on any atom is 0.445 e. The van der Waals surface area contributed by atoms with Crippen LogP contribution in [0.3, 0.4) is 0 Å². The third-order valence-electron chi connectivity index (χ3n) is 0.364. The van der Waals surface area contributed by atoms with Crippen molar-refractivity contribution in [2.75, 3.05) is 0 Å². The smallest absolute Gasteiger partial charge is 0.445 e. The Morgan fingerprint density at radius 2 is 1.75 bits per heavy atom. The largest absolute Gasteiger partial charge is 0.478 e. The van der Waals surface area contributed by atoms with E-state index in [4.69, 9.17) is 9.66 Å². The lowest BCUT2D eigenvalue weighted by Crippen LogP contribution is -1.96. The predicted molar refractivity (Wildman–Crippen MR) is 40.7 cm³/mol. The number of carboxylic acids is 1. The lowest BCUT2D eigenvalue weighted by atomic mass is 10.7. The molecule has 0 aromatic carbocycles. The van der Waals surface area contributed by atoms with Crippen LogP contribution in [0.15, 0.2) is 25.5 Å². The van der Waals surface area contributed by atoms with Crippen molar-refractivity contribution < 1.29 is 27.1 Å². The molecule has 0 aliphatic carbocycles. The van der Waals surface area contributed by atoms with Gasteiger partial charge in [-0.3, -0.25) is 4.55 Å². The Labute approximate surface area is 69.7 Å².